The van der Waals surface area contributed by atoms with E-state index in [0.29, 0.717) is 19.5 Å². The molecule has 2 rings (SSSR count). The number of amides is 1. The fourth-order valence-corrected chi connectivity index (χ4v) is 2.03. The van der Waals surface area contributed by atoms with E-state index in [4.69, 9.17) is 17.3 Å². The number of halogens is 2. The molecule has 17 heavy (non-hydrogen) atoms. The summed E-state index contributed by atoms with van der Waals surface area (Å²) < 4.78 is 13.5. The minimum atomic E-state index is -0.649. The highest BCUT2D eigenvalue weighted by molar-refractivity contribution is 6.28. The number of hydrogen-bond donors (Lipinski definition) is 1. The van der Waals surface area contributed by atoms with Gasteiger partial charge in [-0.1, -0.05) is 0 Å². The zero-order valence-electron chi connectivity index (χ0n) is 9.28. The van der Waals surface area contributed by atoms with E-state index in [1.807, 2.05) is 0 Å². The third-order valence-electron chi connectivity index (χ3n) is 3.06. The number of primary amides is 1. The second-order valence-corrected chi connectivity index (χ2v) is 4.75. The summed E-state index contributed by atoms with van der Waals surface area (Å²) in [4.78, 5) is 20.3. The Morgan fingerprint density at radius 1 is 1.71 bits per heavy atom. The van der Waals surface area contributed by atoms with Crippen LogP contribution in [0, 0.1) is 11.2 Å². The summed E-state index contributed by atoms with van der Waals surface area (Å²) in [6.45, 7) is 2.62. The average molecular weight is 259 g/mol. The van der Waals surface area contributed by atoms with Crippen molar-refractivity contribution in [2.24, 2.45) is 11.1 Å². The van der Waals surface area contributed by atoms with Gasteiger partial charge >= 0.3 is 0 Å². The third-order valence-corrected chi connectivity index (χ3v) is 3.25. The number of carbonyl (C=O) groups is 1. The van der Waals surface area contributed by atoms with Gasteiger partial charge in [0.25, 0.3) is 0 Å². The lowest BCUT2D eigenvalue weighted by atomic mass is 9.89. The summed E-state index contributed by atoms with van der Waals surface area (Å²) in [6, 6.07) is 0. The van der Waals surface area contributed by atoms with Gasteiger partial charge in [-0.2, -0.15) is 4.98 Å². The molecule has 1 saturated heterocycles. The van der Waals surface area contributed by atoms with E-state index < -0.39 is 11.2 Å². The molecule has 1 aromatic rings. The largest absolute Gasteiger partial charge is 0.369 e. The quantitative estimate of drug-likeness (QED) is 0.803. The molecule has 1 atom stereocenters. The number of nitrogens with zero attached hydrogens (tertiary/aromatic N) is 3. The Balaban J connectivity index is 2.26. The molecule has 2 N–H and O–H groups in total. The van der Waals surface area contributed by atoms with Crippen LogP contribution in [0.5, 0.6) is 0 Å². The maximum absolute atomic E-state index is 13.5. The van der Waals surface area contributed by atoms with Gasteiger partial charge in [-0.05, 0) is 24.9 Å². The first-order valence-corrected chi connectivity index (χ1v) is 5.53. The molecule has 0 aliphatic carbocycles. The predicted octanol–water partition coefficient (Wildman–Crippen LogP) is 0.971. The van der Waals surface area contributed by atoms with Crippen molar-refractivity contribution in [3.8, 4) is 0 Å². The number of hydrogen-bond acceptors (Lipinski definition) is 4. The molecular formula is C10H12ClFN4O. The van der Waals surface area contributed by atoms with Crippen molar-refractivity contribution in [1.82, 2.24) is 9.97 Å². The molecule has 0 saturated carbocycles. The van der Waals surface area contributed by atoms with Gasteiger partial charge in [-0.3, -0.25) is 4.79 Å². The maximum Gasteiger partial charge on any atom is 0.225 e. The van der Waals surface area contributed by atoms with Gasteiger partial charge in [0.05, 0.1) is 11.6 Å². The summed E-state index contributed by atoms with van der Waals surface area (Å²) in [5, 5.41) is -0.0194. The van der Waals surface area contributed by atoms with E-state index in [0.717, 1.165) is 6.20 Å². The van der Waals surface area contributed by atoms with E-state index in [2.05, 4.69) is 9.97 Å². The lowest BCUT2D eigenvalue weighted by molar-refractivity contribution is -0.125. The third kappa shape index (κ3) is 2.17. The van der Waals surface area contributed by atoms with Gasteiger partial charge in [0.2, 0.25) is 11.2 Å². The van der Waals surface area contributed by atoms with Crippen molar-refractivity contribution in [3.63, 3.8) is 0 Å². The Morgan fingerprint density at radius 3 is 3.00 bits per heavy atom. The summed E-state index contributed by atoms with van der Waals surface area (Å²) in [5.74, 6) is -0.821. The molecule has 0 bridgehead atoms. The zero-order chi connectivity index (χ0) is 12.6. The predicted molar refractivity (Wildman–Crippen MR) is 61.1 cm³/mol. The van der Waals surface area contributed by atoms with Crippen LogP contribution in [-0.2, 0) is 4.79 Å². The topological polar surface area (TPSA) is 72.1 Å². The molecule has 1 amide bonds. The Bertz CT molecular complexity index is 470. The van der Waals surface area contributed by atoms with Crippen molar-refractivity contribution >= 4 is 23.3 Å². The zero-order valence-corrected chi connectivity index (χ0v) is 10.0. The number of anilines is 1. The number of nitrogens with two attached hydrogens (primary N) is 1. The number of rotatable bonds is 2. The summed E-state index contributed by atoms with van der Waals surface area (Å²) in [5.41, 5.74) is 4.67. The fourth-order valence-electron chi connectivity index (χ4n) is 1.90. The van der Waals surface area contributed by atoms with Crippen molar-refractivity contribution in [2.45, 2.75) is 13.3 Å². The first-order chi connectivity index (χ1) is 7.92. The number of carbonyl (C=O) groups excluding carboxylic acids is 1. The Kier molecular flexibility index (Phi) is 2.91. The molecule has 0 spiro atoms. The summed E-state index contributed by atoms with van der Waals surface area (Å²) >= 11 is 5.62. The summed E-state index contributed by atoms with van der Waals surface area (Å²) in [6.07, 6.45) is 1.59. The highest BCUT2D eigenvalue weighted by Gasteiger charge is 2.40. The van der Waals surface area contributed by atoms with Crippen molar-refractivity contribution in [1.29, 1.82) is 0 Å². The molecule has 1 fully saturated rings. The van der Waals surface area contributed by atoms with E-state index in [-0.39, 0.29) is 17.0 Å². The van der Waals surface area contributed by atoms with Crippen LogP contribution in [0.4, 0.5) is 10.2 Å². The first kappa shape index (κ1) is 12.0. The van der Waals surface area contributed by atoms with Crippen LogP contribution in [0.2, 0.25) is 5.28 Å². The second-order valence-electron chi connectivity index (χ2n) is 4.41. The van der Waals surface area contributed by atoms with Gasteiger partial charge in [0.1, 0.15) is 0 Å². The maximum atomic E-state index is 13.5. The van der Waals surface area contributed by atoms with Crippen molar-refractivity contribution < 1.29 is 9.18 Å². The van der Waals surface area contributed by atoms with Gasteiger partial charge in [0, 0.05) is 13.1 Å². The van der Waals surface area contributed by atoms with Crippen molar-refractivity contribution in [3.05, 3.63) is 17.3 Å². The molecule has 1 unspecified atom stereocenters. The van der Waals surface area contributed by atoms with E-state index in [9.17, 15) is 9.18 Å². The van der Waals surface area contributed by atoms with Crippen LogP contribution in [-0.4, -0.2) is 29.0 Å². The van der Waals surface area contributed by atoms with Gasteiger partial charge < -0.3 is 10.6 Å². The molecular weight excluding hydrogens is 247 g/mol. The lowest BCUT2D eigenvalue weighted by Crippen LogP contribution is -2.37. The van der Waals surface area contributed by atoms with E-state index in [1.54, 1.807) is 11.8 Å². The van der Waals surface area contributed by atoms with Crippen molar-refractivity contribution in [2.75, 3.05) is 18.0 Å². The minimum absolute atomic E-state index is 0.0194. The van der Waals surface area contributed by atoms with Crippen LogP contribution < -0.4 is 10.6 Å². The molecule has 2 heterocycles. The smallest absolute Gasteiger partial charge is 0.225 e. The number of aromatic nitrogens is 2. The highest BCUT2D eigenvalue weighted by atomic mass is 35.5. The van der Waals surface area contributed by atoms with Gasteiger partial charge in [0.15, 0.2) is 11.6 Å². The van der Waals surface area contributed by atoms with Crippen LogP contribution >= 0.6 is 11.6 Å². The van der Waals surface area contributed by atoms with Gasteiger partial charge in [-0.25, -0.2) is 9.37 Å². The Labute approximate surface area is 103 Å². The fraction of sp³-hybridized carbons (Fsp3) is 0.500. The SMILES string of the molecule is CC1(C(N)=O)CCN(c2nc(Cl)ncc2F)C1. The standard InChI is InChI=1S/C10H12ClFN4O/c1-10(8(13)17)2-3-16(5-10)7-6(12)4-14-9(11)15-7/h4H,2-3,5H2,1H3,(H2,13,17). The molecule has 1 aliphatic rings. The van der Waals surface area contributed by atoms with E-state index >= 15 is 0 Å². The molecule has 92 valence electrons. The van der Waals surface area contributed by atoms with Crippen LogP contribution in [0.15, 0.2) is 6.20 Å². The normalized spacial score (nSPS) is 24.1. The Morgan fingerprint density at radius 2 is 2.41 bits per heavy atom. The van der Waals surface area contributed by atoms with E-state index in [1.165, 1.54) is 0 Å². The second kappa shape index (κ2) is 4.10. The molecule has 1 aliphatic heterocycles. The molecule has 7 heteroatoms. The lowest BCUT2D eigenvalue weighted by Gasteiger charge is -2.21. The molecule has 0 aromatic carbocycles. The minimum Gasteiger partial charge on any atom is -0.369 e. The van der Waals surface area contributed by atoms with Crippen LogP contribution in [0.25, 0.3) is 0 Å². The first-order valence-electron chi connectivity index (χ1n) is 5.15. The van der Waals surface area contributed by atoms with Gasteiger partial charge in [-0.15, -0.1) is 0 Å². The average Bonchev–Trinajstić information content (AvgIpc) is 2.66. The molecule has 0 radical (unpaired) electrons. The highest BCUT2D eigenvalue weighted by Crippen LogP contribution is 2.33. The Hall–Kier alpha value is -1.43. The van der Waals surface area contributed by atoms with Crippen LogP contribution in [0.1, 0.15) is 13.3 Å². The molecule has 5 nitrogen and oxygen atoms in total. The summed E-state index contributed by atoms with van der Waals surface area (Å²) in [7, 11) is 0. The molecule has 1 aromatic heterocycles. The monoisotopic (exact) mass is 258 g/mol. The van der Waals surface area contributed by atoms with Crippen LogP contribution in [0.3, 0.4) is 0 Å².